The molecule has 5 heteroatoms. The lowest BCUT2D eigenvalue weighted by molar-refractivity contribution is 0.520. The number of hydrogen-bond acceptors (Lipinski definition) is 4. The minimum Gasteiger partial charge on any atom is -0.369 e. The van der Waals surface area contributed by atoms with Gasteiger partial charge in [-0.1, -0.05) is 6.92 Å². The monoisotopic (exact) mass is 298 g/mol. The normalized spacial score (nSPS) is 16.6. The lowest BCUT2D eigenvalue weighted by Gasteiger charge is -2.15. The second kappa shape index (κ2) is 5.21. The Morgan fingerprint density at radius 1 is 1.24 bits per heavy atom. The van der Waals surface area contributed by atoms with Gasteiger partial charge in [0, 0.05) is 13.1 Å². The van der Waals surface area contributed by atoms with Gasteiger partial charge in [0.25, 0.3) is 0 Å². The third kappa shape index (κ3) is 2.89. The standard InChI is InChI=1S/C12H19BrN4/c1-3-12(5-6-12)7-15-11-9(13)10(14-4-2)16-8-17-11/h8H,3-7H2,1-2H3,(H2,14,15,16,17). The Hall–Kier alpha value is -0.840. The smallest absolute Gasteiger partial charge is 0.145 e. The molecular weight excluding hydrogens is 280 g/mol. The third-order valence-electron chi connectivity index (χ3n) is 3.47. The average molecular weight is 299 g/mol. The number of nitrogens with one attached hydrogen (secondary N) is 2. The first-order chi connectivity index (χ1) is 8.21. The van der Waals surface area contributed by atoms with Crippen LogP contribution in [-0.4, -0.2) is 23.1 Å². The fourth-order valence-corrected chi connectivity index (χ4v) is 2.37. The van der Waals surface area contributed by atoms with Gasteiger partial charge >= 0.3 is 0 Å². The van der Waals surface area contributed by atoms with Crippen LogP contribution in [0.2, 0.25) is 0 Å². The summed E-state index contributed by atoms with van der Waals surface area (Å²) in [4.78, 5) is 8.48. The number of halogens is 1. The van der Waals surface area contributed by atoms with Crippen LogP contribution in [0.5, 0.6) is 0 Å². The van der Waals surface area contributed by atoms with Gasteiger partial charge < -0.3 is 10.6 Å². The lowest BCUT2D eigenvalue weighted by atomic mass is 10.0. The topological polar surface area (TPSA) is 49.8 Å². The van der Waals surface area contributed by atoms with Gasteiger partial charge in [0.15, 0.2) is 0 Å². The van der Waals surface area contributed by atoms with Crippen LogP contribution in [0.3, 0.4) is 0 Å². The van der Waals surface area contributed by atoms with Gasteiger partial charge in [-0.3, -0.25) is 0 Å². The van der Waals surface area contributed by atoms with Crippen molar-refractivity contribution >= 4 is 27.6 Å². The minimum absolute atomic E-state index is 0.517. The molecule has 0 saturated heterocycles. The van der Waals surface area contributed by atoms with E-state index in [1.165, 1.54) is 19.3 Å². The van der Waals surface area contributed by atoms with Gasteiger partial charge in [0.05, 0.1) is 0 Å². The molecular formula is C12H19BrN4. The van der Waals surface area contributed by atoms with E-state index >= 15 is 0 Å². The van der Waals surface area contributed by atoms with Gasteiger partial charge in [0.1, 0.15) is 22.4 Å². The van der Waals surface area contributed by atoms with Gasteiger partial charge in [-0.05, 0) is 47.5 Å². The van der Waals surface area contributed by atoms with Crippen molar-refractivity contribution in [1.29, 1.82) is 0 Å². The molecule has 1 aliphatic carbocycles. The Balaban J connectivity index is 2.03. The van der Waals surface area contributed by atoms with Crippen LogP contribution >= 0.6 is 15.9 Å². The molecule has 2 N–H and O–H groups in total. The highest BCUT2D eigenvalue weighted by Gasteiger charge is 2.40. The van der Waals surface area contributed by atoms with Crippen molar-refractivity contribution in [3.05, 3.63) is 10.8 Å². The van der Waals surface area contributed by atoms with Crippen molar-refractivity contribution < 1.29 is 0 Å². The minimum atomic E-state index is 0.517. The molecule has 94 valence electrons. The molecule has 0 aromatic carbocycles. The lowest BCUT2D eigenvalue weighted by Crippen LogP contribution is -2.16. The Labute approximate surface area is 111 Å². The molecule has 4 nitrogen and oxygen atoms in total. The van der Waals surface area contributed by atoms with Gasteiger partial charge in [0.2, 0.25) is 0 Å². The van der Waals surface area contributed by atoms with E-state index in [-0.39, 0.29) is 0 Å². The molecule has 1 saturated carbocycles. The fourth-order valence-electron chi connectivity index (χ4n) is 1.89. The third-order valence-corrected chi connectivity index (χ3v) is 4.22. The number of rotatable bonds is 6. The Kier molecular flexibility index (Phi) is 3.86. The maximum Gasteiger partial charge on any atom is 0.145 e. The number of anilines is 2. The van der Waals surface area contributed by atoms with E-state index in [9.17, 15) is 0 Å². The van der Waals surface area contributed by atoms with E-state index in [0.29, 0.717) is 5.41 Å². The number of nitrogens with zero attached hydrogens (tertiary/aromatic N) is 2. The largest absolute Gasteiger partial charge is 0.369 e. The Bertz CT molecular complexity index is 390. The molecule has 2 rings (SSSR count). The van der Waals surface area contributed by atoms with Crippen molar-refractivity contribution in [1.82, 2.24) is 9.97 Å². The molecule has 0 radical (unpaired) electrons. The van der Waals surface area contributed by atoms with Crippen molar-refractivity contribution in [2.24, 2.45) is 5.41 Å². The van der Waals surface area contributed by atoms with E-state index in [1.54, 1.807) is 6.33 Å². The summed E-state index contributed by atoms with van der Waals surface area (Å²) in [6, 6.07) is 0. The molecule has 0 unspecified atom stereocenters. The first kappa shape index (κ1) is 12.6. The molecule has 1 aromatic heterocycles. The average Bonchev–Trinajstić information content (AvgIpc) is 3.11. The summed E-state index contributed by atoms with van der Waals surface area (Å²) < 4.78 is 0.925. The van der Waals surface area contributed by atoms with E-state index in [0.717, 1.165) is 29.2 Å². The molecule has 1 aromatic rings. The molecule has 1 fully saturated rings. The van der Waals surface area contributed by atoms with Gasteiger partial charge in [-0.2, -0.15) is 0 Å². The quantitative estimate of drug-likeness (QED) is 0.846. The van der Waals surface area contributed by atoms with Gasteiger partial charge in [-0.15, -0.1) is 0 Å². The van der Waals surface area contributed by atoms with E-state index < -0.39 is 0 Å². The maximum absolute atomic E-state index is 4.28. The zero-order valence-corrected chi connectivity index (χ0v) is 12.0. The second-order valence-corrected chi connectivity index (χ2v) is 5.42. The summed E-state index contributed by atoms with van der Waals surface area (Å²) in [5, 5.41) is 6.63. The Morgan fingerprint density at radius 2 is 1.88 bits per heavy atom. The van der Waals surface area contributed by atoms with Crippen LogP contribution in [0.25, 0.3) is 0 Å². The van der Waals surface area contributed by atoms with E-state index in [4.69, 9.17) is 0 Å². The highest BCUT2D eigenvalue weighted by atomic mass is 79.9. The predicted molar refractivity (Wildman–Crippen MR) is 74.3 cm³/mol. The summed E-state index contributed by atoms with van der Waals surface area (Å²) in [7, 11) is 0. The van der Waals surface area contributed by atoms with Crippen LogP contribution in [-0.2, 0) is 0 Å². The van der Waals surface area contributed by atoms with Crippen LogP contribution in [0, 0.1) is 5.41 Å². The summed E-state index contributed by atoms with van der Waals surface area (Å²) >= 11 is 3.54. The second-order valence-electron chi connectivity index (χ2n) is 4.62. The van der Waals surface area contributed by atoms with E-state index in [2.05, 4.69) is 50.4 Å². The zero-order chi connectivity index (χ0) is 12.3. The molecule has 0 bridgehead atoms. The van der Waals surface area contributed by atoms with Crippen LogP contribution in [0.15, 0.2) is 10.8 Å². The number of hydrogen-bond donors (Lipinski definition) is 2. The Morgan fingerprint density at radius 3 is 2.41 bits per heavy atom. The maximum atomic E-state index is 4.28. The zero-order valence-electron chi connectivity index (χ0n) is 10.4. The fraction of sp³-hybridized carbons (Fsp3) is 0.667. The molecule has 0 amide bonds. The van der Waals surface area contributed by atoms with Crippen LogP contribution in [0.1, 0.15) is 33.1 Å². The highest BCUT2D eigenvalue weighted by molar-refractivity contribution is 9.10. The first-order valence-corrected chi connectivity index (χ1v) is 6.98. The highest BCUT2D eigenvalue weighted by Crippen LogP contribution is 2.48. The number of aromatic nitrogens is 2. The SMILES string of the molecule is CCNc1ncnc(NCC2(CC)CC2)c1Br. The summed E-state index contributed by atoms with van der Waals surface area (Å²) in [6.07, 6.45) is 5.50. The molecule has 1 aliphatic rings. The van der Waals surface area contributed by atoms with Crippen molar-refractivity contribution in [3.63, 3.8) is 0 Å². The molecule has 1 heterocycles. The van der Waals surface area contributed by atoms with Crippen LogP contribution in [0.4, 0.5) is 11.6 Å². The van der Waals surface area contributed by atoms with Crippen molar-refractivity contribution in [2.75, 3.05) is 23.7 Å². The van der Waals surface area contributed by atoms with Gasteiger partial charge in [-0.25, -0.2) is 9.97 Å². The summed E-state index contributed by atoms with van der Waals surface area (Å²) in [6.45, 7) is 6.17. The van der Waals surface area contributed by atoms with Crippen molar-refractivity contribution in [3.8, 4) is 0 Å². The first-order valence-electron chi connectivity index (χ1n) is 6.19. The molecule has 0 aliphatic heterocycles. The summed E-state index contributed by atoms with van der Waals surface area (Å²) in [5.41, 5.74) is 0.517. The summed E-state index contributed by atoms with van der Waals surface area (Å²) in [5.74, 6) is 1.74. The molecule has 0 atom stereocenters. The van der Waals surface area contributed by atoms with E-state index in [1.807, 2.05) is 0 Å². The van der Waals surface area contributed by atoms with Crippen LogP contribution < -0.4 is 10.6 Å². The molecule has 17 heavy (non-hydrogen) atoms. The predicted octanol–water partition coefficient (Wildman–Crippen LogP) is 3.27. The van der Waals surface area contributed by atoms with Crippen molar-refractivity contribution in [2.45, 2.75) is 33.1 Å². The molecule has 0 spiro atoms.